The molecule has 0 unspecified atom stereocenters. The van der Waals surface area contributed by atoms with Crippen LogP contribution in [0.5, 0.6) is 0 Å². The number of hydrogen-bond donors (Lipinski definition) is 1. The molecule has 0 aromatic heterocycles. The van der Waals surface area contributed by atoms with Gasteiger partial charge in [-0.1, -0.05) is 31.9 Å². The van der Waals surface area contributed by atoms with Crippen molar-refractivity contribution >= 4 is 5.69 Å². The third kappa shape index (κ3) is 3.29. The van der Waals surface area contributed by atoms with Gasteiger partial charge in [0, 0.05) is 25.2 Å². The van der Waals surface area contributed by atoms with Gasteiger partial charge in [0.25, 0.3) is 5.69 Å². The minimum absolute atomic E-state index is 0.154. The van der Waals surface area contributed by atoms with Crippen LogP contribution in [0.1, 0.15) is 38.2 Å². The molecule has 1 N–H and O–H groups in total. The van der Waals surface area contributed by atoms with Gasteiger partial charge in [-0.2, -0.15) is 0 Å². The van der Waals surface area contributed by atoms with Crippen LogP contribution in [0.2, 0.25) is 0 Å². The molecule has 1 aromatic rings. The summed E-state index contributed by atoms with van der Waals surface area (Å²) in [5, 5.41) is 14.0. The number of non-ortho nitro benzene ring substituents is 1. The minimum Gasteiger partial charge on any atom is -0.312 e. The molecular formula is C14H20N2O2. The summed E-state index contributed by atoms with van der Waals surface area (Å²) in [7, 11) is 0. The predicted octanol–water partition coefficient (Wildman–Crippen LogP) is 3.26. The third-order valence-corrected chi connectivity index (χ3v) is 3.84. The molecule has 1 fully saturated rings. The van der Waals surface area contributed by atoms with E-state index in [-0.39, 0.29) is 10.6 Å². The molecule has 1 saturated carbocycles. The number of nitro groups is 1. The minimum atomic E-state index is -0.364. The van der Waals surface area contributed by atoms with Crippen LogP contribution >= 0.6 is 0 Å². The molecule has 0 heterocycles. The van der Waals surface area contributed by atoms with Gasteiger partial charge >= 0.3 is 0 Å². The van der Waals surface area contributed by atoms with Crippen LogP contribution in [0, 0.1) is 15.5 Å². The molecule has 1 aliphatic rings. The molecule has 2 rings (SSSR count). The Hall–Kier alpha value is -1.42. The fraction of sp³-hybridized carbons (Fsp3) is 0.571. The summed E-state index contributed by atoms with van der Waals surface area (Å²) in [6, 6.07) is 6.77. The maximum absolute atomic E-state index is 10.5. The number of nitrogens with one attached hydrogen (secondary N) is 1. The Morgan fingerprint density at radius 3 is 2.44 bits per heavy atom. The first-order chi connectivity index (χ1) is 8.59. The van der Waals surface area contributed by atoms with E-state index >= 15 is 0 Å². The van der Waals surface area contributed by atoms with Crippen LogP contribution in [0.4, 0.5) is 5.69 Å². The molecule has 0 radical (unpaired) electrons. The predicted molar refractivity (Wildman–Crippen MR) is 71.4 cm³/mol. The molecule has 0 atom stereocenters. The van der Waals surface area contributed by atoms with Gasteiger partial charge in [-0.15, -0.1) is 0 Å². The second kappa shape index (κ2) is 5.48. The van der Waals surface area contributed by atoms with E-state index in [2.05, 4.69) is 12.2 Å². The summed E-state index contributed by atoms with van der Waals surface area (Å²) in [6.07, 6.45) is 5.30. The van der Waals surface area contributed by atoms with E-state index in [9.17, 15) is 10.1 Å². The molecule has 0 amide bonds. The summed E-state index contributed by atoms with van der Waals surface area (Å²) < 4.78 is 0. The Morgan fingerprint density at radius 2 is 1.89 bits per heavy atom. The Kier molecular flexibility index (Phi) is 3.97. The summed E-state index contributed by atoms with van der Waals surface area (Å²) in [5.74, 6) is 0. The first kappa shape index (κ1) is 13.0. The molecule has 0 spiro atoms. The zero-order valence-electron chi connectivity index (χ0n) is 10.8. The molecule has 0 bridgehead atoms. The lowest BCUT2D eigenvalue weighted by molar-refractivity contribution is -0.384. The molecule has 1 aromatic carbocycles. The van der Waals surface area contributed by atoms with Crippen molar-refractivity contribution in [3.05, 3.63) is 39.9 Å². The zero-order valence-corrected chi connectivity index (χ0v) is 10.8. The highest BCUT2D eigenvalue weighted by atomic mass is 16.6. The van der Waals surface area contributed by atoms with Crippen LogP contribution in [-0.4, -0.2) is 11.5 Å². The molecule has 1 aliphatic carbocycles. The van der Waals surface area contributed by atoms with Crippen LogP contribution < -0.4 is 5.32 Å². The monoisotopic (exact) mass is 248 g/mol. The first-order valence-corrected chi connectivity index (χ1v) is 6.53. The van der Waals surface area contributed by atoms with Crippen molar-refractivity contribution in [3.63, 3.8) is 0 Å². The van der Waals surface area contributed by atoms with Crippen LogP contribution in [0.15, 0.2) is 24.3 Å². The Bertz CT molecular complexity index is 408. The molecule has 0 aliphatic heterocycles. The van der Waals surface area contributed by atoms with E-state index in [4.69, 9.17) is 0 Å². The molecule has 98 valence electrons. The van der Waals surface area contributed by atoms with E-state index in [1.54, 1.807) is 12.1 Å². The third-order valence-electron chi connectivity index (χ3n) is 3.84. The van der Waals surface area contributed by atoms with Crippen molar-refractivity contribution in [2.75, 3.05) is 6.54 Å². The van der Waals surface area contributed by atoms with Crippen LogP contribution in [0.3, 0.4) is 0 Å². The van der Waals surface area contributed by atoms with Crippen molar-refractivity contribution in [1.29, 1.82) is 0 Å². The summed E-state index contributed by atoms with van der Waals surface area (Å²) in [6.45, 7) is 4.15. The smallest absolute Gasteiger partial charge is 0.269 e. The maximum atomic E-state index is 10.5. The van der Waals surface area contributed by atoms with E-state index in [0.29, 0.717) is 5.41 Å². The molecule has 4 nitrogen and oxygen atoms in total. The average Bonchev–Trinajstić information content (AvgIpc) is 2.77. The van der Waals surface area contributed by atoms with Gasteiger partial charge in [-0.05, 0) is 23.8 Å². The second-order valence-electron chi connectivity index (χ2n) is 5.54. The van der Waals surface area contributed by atoms with Gasteiger partial charge in [0.05, 0.1) is 4.92 Å². The van der Waals surface area contributed by atoms with Crippen molar-refractivity contribution < 1.29 is 4.92 Å². The van der Waals surface area contributed by atoms with Crippen LogP contribution in [0.25, 0.3) is 0 Å². The number of nitro benzene ring substituents is 1. The van der Waals surface area contributed by atoms with Gasteiger partial charge in [0.2, 0.25) is 0 Å². The van der Waals surface area contributed by atoms with Gasteiger partial charge in [-0.3, -0.25) is 10.1 Å². The Morgan fingerprint density at radius 1 is 1.28 bits per heavy atom. The lowest BCUT2D eigenvalue weighted by Gasteiger charge is -2.23. The molecule has 4 heteroatoms. The quantitative estimate of drug-likeness (QED) is 0.642. The van der Waals surface area contributed by atoms with Gasteiger partial charge < -0.3 is 5.32 Å². The summed E-state index contributed by atoms with van der Waals surface area (Å²) in [4.78, 5) is 10.2. The average molecular weight is 248 g/mol. The number of hydrogen-bond acceptors (Lipinski definition) is 3. The van der Waals surface area contributed by atoms with Crippen LogP contribution in [-0.2, 0) is 6.54 Å². The van der Waals surface area contributed by atoms with E-state index in [1.807, 2.05) is 12.1 Å². The Labute approximate surface area is 108 Å². The van der Waals surface area contributed by atoms with Crippen molar-refractivity contribution in [2.24, 2.45) is 5.41 Å². The highest BCUT2D eigenvalue weighted by Gasteiger charge is 2.27. The number of rotatable bonds is 5. The van der Waals surface area contributed by atoms with E-state index in [0.717, 1.165) is 18.7 Å². The molecule has 0 saturated heterocycles. The summed E-state index contributed by atoms with van der Waals surface area (Å²) >= 11 is 0. The highest BCUT2D eigenvalue weighted by molar-refractivity contribution is 5.32. The number of benzene rings is 1. The lowest BCUT2D eigenvalue weighted by atomic mass is 9.89. The largest absolute Gasteiger partial charge is 0.312 e. The maximum Gasteiger partial charge on any atom is 0.269 e. The SMILES string of the molecule is CC1(CNCc2ccc([N+](=O)[O-])cc2)CCCC1. The normalized spacial score (nSPS) is 17.8. The molecule has 18 heavy (non-hydrogen) atoms. The Balaban J connectivity index is 1.81. The fourth-order valence-corrected chi connectivity index (χ4v) is 2.65. The second-order valence-corrected chi connectivity index (χ2v) is 5.54. The van der Waals surface area contributed by atoms with Gasteiger partial charge in [-0.25, -0.2) is 0 Å². The van der Waals surface area contributed by atoms with Gasteiger partial charge in [0.1, 0.15) is 0 Å². The summed E-state index contributed by atoms with van der Waals surface area (Å²) in [5.41, 5.74) is 1.70. The lowest BCUT2D eigenvalue weighted by Crippen LogP contribution is -2.29. The molecular weight excluding hydrogens is 228 g/mol. The van der Waals surface area contributed by atoms with E-state index in [1.165, 1.54) is 25.7 Å². The topological polar surface area (TPSA) is 55.2 Å². The first-order valence-electron chi connectivity index (χ1n) is 6.53. The fourth-order valence-electron chi connectivity index (χ4n) is 2.65. The van der Waals surface area contributed by atoms with Crippen molar-refractivity contribution in [3.8, 4) is 0 Å². The van der Waals surface area contributed by atoms with E-state index < -0.39 is 0 Å². The van der Waals surface area contributed by atoms with Crippen molar-refractivity contribution in [1.82, 2.24) is 5.32 Å². The van der Waals surface area contributed by atoms with Gasteiger partial charge in [0.15, 0.2) is 0 Å². The number of nitrogens with zero attached hydrogens (tertiary/aromatic N) is 1. The van der Waals surface area contributed by atoms with Crippen molar-refractivity contribution in [2.45, 2.75) is 39.2 Å². The zero-order chi connectivity index (χ0) is 13.0. The standard InChI is InChI=1S/C14H20N2O2/c1-14(8-2-3-9-14)11-15-10-12-4-6-13(7-5-12)16(17)18/h4-7,15H,2-3,8-11H2,1H3. The highest BCUT2D eigenvalue weighted by Crippen LogP contribution is 2.36.